The van der Waals surface area contributed by atoms with Crippen molar-refractivity contribution < 1.29 is 5.11 Å². The first-order chi connectivity index (χ1) is 9.24. The van der Waals surface area contributed by atoms with Gasteiger partial charge in [0.15, 0.2) is 0 Å². The van der Waals surface area contributed by atoms with E-state index >= 15 is 0 Å². The summed E-state index contributed by atoms with van der Waals surface area (Å²) >= 11 is 0. The number of rotatable bonds is 3. The maximum atomic E-state index is 10.1. The smallest absolute Gasteiger partial charge is 0.124 e. The summed E-state index contributed by atoms with van der Waals surface area (Å²) < 4.78 is 0. The topological polar surface area (TPSA) is 87.8 Å². The number of hydrogen-bond donors (Lipinski definition) is 3. The van der Waals surface area contributed by atoms with Gasteiger partial charge in [-0.1, -0.05) is 24.3 Å². The van der Waals surface area contributed by atoms with E-state index < -0.39 is 6.10 Å². The van der Waals surface area contributed by atoms with Crippen LogP contribution in [0.25, 0.3) is 10.9 Å². The number of pyridine rings is 1. The van der Waals surface area contributed by atoms with Gasteiger partial charge in [-0.3, -0.25) is 10.1 Å². The third-order valence-electron chi connectivity index (χ3n) is 3.12. The highest BCUT2D eigenvalue weighted by atomic mass is 16.3. The van der Waals surface area contributed by atoms with Gasteiger partial charge < -0.3 is 10.8 Å². The predicted molar refractivity (Wildman–Crippen MR) is 73.4 cm³/mol. The van der Waals surface area contributed by atoms with E-state index in [1.54, 1.807) is 6.20 Å². The van der Waals surface area contributed by atoms with Crippen molar-refractivity contribution in [3.05, 3.63) is 53.9 Å². The molecule has 0 saturated carbocycles. The van der Waals surface area contributed by atoms with Crippen LogP contribution in [0.15, 0.2) is 42.6 Å². The van der Waals surface area contributed by atoms with Crippen molar-refractivity contribution >= 4 is 16.7 Å². The minimum absolute atomic E-state index is 0.397. The van der Waals surface area contributed by atoms with Crippen molar-refractivity contribution in [3.8, 4) is 0 Å². The maximum absolute atomic E-state index is 10.1. The van der Waals surface area contributed by atoms with Gasteiger partial charge in [-0.25, -0.2) is 0 Å². The molecule has 3 rings (SSSR count). The molecule has 1 unspecified atom stereocenters. The minimum Gasteiger partial charge on any atom is -0.388 e. The zero-order valence-corrected chi connectivity index (χ0v) is 10.2. The summed E-state index contributed by atoms with van der Waals surface area (Å²) in [4.78, 5) is 4.52. The lowest BCUT2D eigenvalue weighted by molar-refractivity contribution is 0.178. The first-order valence-electron chi connectivity index (χ1n) is 6.05. The van der Waals surface area contributed by atoms with E-state index in [1.165, 1.54) is 0 Å². The molecule has 0 saturated heterocycles. The third kappa shape index (κ3) is 2.28. The molecule has 0 amide bonds. The summed E-state index contributed by atoms with van der Waals surface area (Å²) in [5, 5.41) is 17.6. The number of benzene rings is 1. The molecule has 0 aliphatic carbocycles. The fourth-order valence-corrected chi connectivity index (χ4v) is 2.10. The molecule has 0 fully saturated rings. The number of aliphatic hydroxyl groups excluding tert-OH is 1. The van der Waals surface area contributed by atoms with Crippen LogP contribution in [0.2, 0.25) is 0 Å². The van der Waals surface area contributed by atoms with E-state index in [4.69, 9.17) is 5.73 Å². The van der Waals surface area contributed by atoms with Crippen molar-refractivity contribution in [1.29, 1.82) is 0 Å². The molecule has 0 bridgehead atoms. The average Bonchev–Trinajstić information content (AvgIpc) is 2.85. The summed E-state index contributed by atoms with van der Waals surface area (Å²) in [6.07, 6.45) is 1.25. The van der Waals surface area contributed by atoms with E-state index in [0.29, 0.717) is 17.8 Å². The van der Waals surface area contributed by atoms with Gasteiger partial charge in [-0.15, -0.1) is 0 Å². The second kappa shape index (κ2) is 4.70. The van der Waals surface area contributed by atoms with E-state index in [1.807, 2.05) is 36.4 Å². The number of nitrogens with two attached hydrogens (primary N) is 1. The fourth-order valence-electron chi connectivity index (χ4n) is 2.10. The van der Waals surface area contributed by atoms with Crippen LogP contribution in [0.1, 0.15) is 17.4 Å². The number of fused-ring (bicyclic) bond motifs is 1. The zero-order chi connectivity index (χ0) is 13.2. The first kappa shape index (κ1) is 11.7. The second-order valence-electron chi connectivity index (χ2n) is 4.45. The highest BCUT2D eigenvalue weighted by molar-refractivity contribution is 5.78. The molecule has 1 atom stereocenters. The molecule has 4 N–H and O–H groups in total. The van der Waals surface area contributed by atoms with Gasteiger partial charge in [0, 0.05) is 23.1 Å². The number of aromatic amines is 1. The Bertz CT molecular complexity index is 707. The molecular weight excluding hydrogens is 240 g/mol. The lowest BCUT2D eigenvalue weighted by atomic mass is 10.1. The Hall–Kier alpha value is -2.40. The Labute approximate surface area is 110 Å². The van der Waals surface area contributed by atoms with Crippen LogP contribution in [-0.2, 0) is 6.42 Å². The number of nitrogens with zero attached hydrogens (tertiary/aromatic N) is 2. The summed E-state index contributed by atoms with van der Waals surface area (Å²) in [6, 6.07) is 11.8. The van der Waals surface area contributed by atoms with Crippen molar-refractivity contribution in [1.82, 2.24) is 15.2 Å². The first-order valence-corrected chi connectivity index (χ1v) is 6.05. The Kier molecular flexibility index (Phi) is 2.89. The second-order valence-corrected chi connectivity index (χ2v) is 4.45. The molecule has 0 aliphatic rings. The quantitative estimate of drug-likeness (QED) is 0.665. The maximum Gasteiger partial charge on any atom is 0.124 e. The summed E-state index contributed by atoms with van der Waals surface area (Å²) in [5.74, 6) is 0.397. The van der Waals surface area contributed by atoms with E-state index in [-0.39, 0.29) is 0 Å². The molecule has 1 aromatic carbocycles. The Morgan fingerprint density at radius 2 is 2.05 bits per heavy atom. The van der Waals surface area contributed by atoms with Gasteiger partial charge >= 0.3 is 0 Å². The van der Waals surface area contributed by atoms with Crippen LogP contribution in [0, 0.1) is 0 Å². The normalized spacial score (nSPS) is 12.7. The molecule has 0 spiro atoms. The SMILES string of the molecule is Nc1[nH]ncc1C(O)Cc1ccc2ccccc2n1. The highest BCUT2D eigenvalue weighted by Gasteiger charge is 2.14. The molecule has 2 aromatic heterocycles. The Morgan fingerprint density at radius 1 is 1.21 bits per heavy atom. The van der Waals surface area contributed by atoms with Crippen LogP contribution >= 0.6 is 0 Å². The lowest BCUT2D eigenvalue weighted by Gasteiger charge is -2.09. The van der Waals surface area contributed by atoms with Crippen LogP contribution in [-0.4, -0.2) is 20.3 Å². The molecular formula is C14H14N4O. The van der Waals surface area contributed by atoms with Crippen molar-refractivity contribution in [2.45, 2.75) is 12.5 Å². The number of anilines is 1. The Morgan fingerprint density at radius 3 is 2.84 bits per heavy atom. The average molecular weight is 254 g/mol. The fraction of sp³-hybridized carbons (Fsp3) is 0.143. The molecule has 2 heterocycles. The third-order valence-corrected chi connectivity index (χ3v) is 3.12. The Balaban J connectivity index is 1.87. The molecule has 0 aliphatic heterocycles. The molecule has 96 valence electrons. The summed E-state index contributed by atoms with van der Waals surface area (Å²) in [6.45, 7) is 0. The summed E-state index contributed by atoms with van der Waals surface area (Å²) in [5.41, 5.74) is 8.04. The van der Waals surface area contributed by atoms with Gasteiger partial charge in [-0.05, 0) is 12.1 Å². The number of nitrogens with one attached hydrogen (secondary N) is 1. The van der Waals surface area contributed by atoms with E-state index in [9.17, 15) is 5.11 Å². The number of para-hydroxylation sites is 1. The van der Waals surface area contributed by atoms with Gasteiger partial charge in [-0.2, -0.15) is 5.10 Å². The van der Waals surface area contributed by atoms with Crippen LogP contribution < -0.4 is 5.73 Å². The predicted octanol–water partition coefficient (Wildman–Crippen LogP) is 1.82. The van der Waals surface area contributed by atoms with Crippen molar-refractivity contribution in [3.63, 3.8) is 0 Å². The summed E-state index contributed by atoms with van der Waals surface area (Å²) in [7, 11) is 0. The lowest BCUT2D eigenvalue weighted by Crippen LogP contribution is -2.05. The number of H-pyrrole nitrogens is 1. The molecule has 5 heteroatoms. The number of aliphatic hydroxyl groups is 1. The van der Waals surface area contributed by atoms with Crippen molar-refractivity contribution in [2.75, 3.05) is 5.73 Å². The molecule has 0 radical (unpaired) electrons. The van der Waals surface area contributed by atoms with Crippen LogP contribution in [0.4, 0.5) is 5.82 Å². The van der Waals surface area contributed by atoms with E-state index in [0.717, 1.165) is 16.6 Å². The zero-order valence-electron chi connectivity index (χ0n) is 10.2. The largest absolute Gasteiger partial charge is 0.388 e. The van der Waals surface area contributed by atoms with Crippen molar-refractivity contribution in [2.24, 2.45) is 0 Å². The van der Waals surface area contributed by atoms with Gasteiger partial charge in [0.1, 0.15) is 5.82 Å². The number of hydrogen-bond acceptors (Lipinski definition) is 4. The van der Waals surface area contributed by atoms with E-state index in [2.05, 4.69) is 15.2 Å². The molecule has 5 nitrogen and oxygen atoms in total. The monoisotopic (exact) mass is 254 g/mol. The standard InChI is InChI=1S/C14H14N4O/c15-14-11(8-16-18-14)13(19)7-10-6-5-9-3-1-2-4-12(9)17-10/h1-6,8,13,19H,7H2,(H3,15,16,18). The van der Waals surface area contributed by atoms with Crippen LogP contribution in [0.3, 0.4) is 0 Å². The highest BCUT2D eigenvalue weighted by Crippen LogP contribution is 2.22. The minimum atomic E-state index is -0.701. The number of nitrogen functional groups attached to an aromatic ring is 1. The molecule has 3 aromatic rings. The van der Waals surface area contributed by atoms with Crippen LogP contribution in [0.5, 0.6) is 0 Å². The molecule has 19 heavy (non-hydrogen) atoms. The van der Waals surface area contributed by atoms with Gasteiger partial charge in [0.25, 0.3) is 0 Å². The van der Waals surface area contributed by atoms with Gasteiger partial charge in [0.2, 0.25) is 0 Å². The number of aromatic nitrogens is 3. The van der Waals surface area contributed by atoms with Gasteiger partial charge in [0.05, 0.1) is 17.8 Å².